The number of benzene rings is 1. The number of carboxylic acid groups (broad SMARTS) is 1. The maximum absolute atomic E-state index is 10.5. The second-order valence-electron chi connectivity index (χ2n) is 7.46. The van der Waals surface area contributed by atoms with Crippen molar-refractivity contribution in [2.24, 2.45) is 11.8 Å². The molecule has 4 heteroatoms. The van der Waals surface area contributed by atoms with Crippen LogP contribution in [0.25, 0.3) is 0 Å². The SMILES string of the molecule is O=C(O)CCCCC=CC1CCC(O)C1CCC(O)Cc1ccccc1. The topological polar surface area (TPSA) is 77.8 Å². The second kappa shape index (κ2) is 11.1. The van der Waals surface area contributed by atoms with Gasteiger partial charge < -0.3 is 15.3 Å². The summed E-state index contributed by atoms with van der Waals surface area (Å²) in [5, 5.41) is 29.2. The number of aliphatic hydroxyl groups is 2. The molecule has 3 N–H and O–H groups in total. The van der Waals surface area contributed by atoms with Crippen LogP contribution >= 0.6 is 0 Å². The number of aliphatic hydroxyl groups excluding tert-OH is 2. The van der Waals surface area contributed by atoms with Gasteiger partial charge in [-0.05, 0) is 68.8 Å². The van der Waals surface area contributed by atoms with E-state index in [0.29, 0.717) is 25.2 Å². The maximum Gasteiger partial charge on any atom is 0.303 e. The van der Waals surface area contributed by atoms with Gasteiger partial charge in [-0.15, -0.1) is 0 Å². The Bertz CT molecular complexity index is 555. The summed E-state index contributed by atoms with van der Waals surface area (Å²) in [5.41, 5.74) is 1.14. The van der Waals surface area contributed by atoms with Crippen LogP contribution < -0.4 is 0 Å². The summed E-state index contributed by atoms with van der Waals surface area (Å²) >= 11 is 0. The Labute approximate surface area is 156 Å². The summed E-state index contributed by atoms with van der Waals surface area (Å²) in [4.78, 5) is 10.5. The molecule has 0 bridgehead atoms. The highest BCUT2D eigenvalue weighted by molar-refractivity contribution is 5.66. The molecule has 1 fully saturated rings. The summed E-state index contributed by atoms with van der Waals surface area (Å²) in [6.07, 6.45) is 10.4. The molecule has 0 amide bonds. The highest BCUT2D eigenvalue weighted by Crippen LogP contribution is 2.36. The lowest BCUT2D eigenvalue weighted by molar-refractivity contribution is -0.137. The number of hydrogen-bond donors (Lipinski definition) is 3. The molecule has 4 unspecified atom stereocenters. The first kappa shape index (κ1) is 20.7. The number of carbonyl (C=O) groups is 1. The summed E-state index contributed by atoms with van der Waals surface area (Å²) in [6.45, 7) is 0. The minimum absolute atomic E-state index is 0.218. The van der Waals surface area contributed by atoms with E-state index in [1.165, 1.54) is 0 Å². The molecule has 1 aromatic rings. The first-order valence-electron chi connectivity index (χ1n) is 9.84. The van der Waals surface area contributed by atoms with Crippen LogP contribution in [0.1, 0.15) is 56.9 Å². The van der Waals surface area contributed by atoms with Gasteiger partial charge in [0, 0.05) is 6.42 Å². The van der Waals surface area contributed by atoms with E-state index in [9.17, 15) is 15.0 Å². The third-order valence-corrected chi connectivity index (χ3v) is 5.38. The van der Waals surface area contributed by atoms with Crippen molar-refractivity contribution in [3.63, 3.8) is 0 Å². The predicted octanol–water partition coefficient (Wildman–Crippen LogP) is 3.96. The quantitative estimate of drug-likeness (QED) is 0.412. The molecule has 1 aliphatic rings. The summed E-state index contributed by atoms with van der Waals surface area (Å²) in [6, 6.07) is 10.0. The number of carboxylic acids is 1. The maximum atomic E-state index is 10.5. The fraction of sp³-hybridized carbons (Fsp3) is 0.591. The van der Waals surface area contributed by atoms with E-state index in [-0.39, 0.29) is 24.5 Å². The van der Waals surface area contributed by atoms with Crippen LogP contribution in [0.3, 0.4) is 0 Å². The van der Waals surface area contributed by atoms with Gasteiger partial charge in [0.25, 0.3) is 0 Å². The molecule has 0 spiro atoms. The Morgan fingerprint density at radius 3 is 2.69 bits per heavy atom. The lowest BCUT2D eigenvalue weighted by Crippen LogP contribution is -2.21. The molecule has 144 valence electrons. The van der Waals surface area contributed by atoms with E-state index in [0.717, 1.165) is 37.7 Å². The highest BCUT2D eigenvalue weighted by atomic mass is 16.4. The fourth-order valence-corrected chi connectivity index (χ4v) is 3.90. The predicted molar refractivity (Wildman–Crippen MR) is 103 cm³/mol. The van der Waals surface area contributed by atoms with Gasteiger partial charge in [-0.2, -0.15) is 0 Å². The van der Waals surface area contributed by atoms with Gasteiger partial charge >= 0.3 is 5.97 Å². The molecular formula is C22H32O4. The van der Waals surface area contributed by atoms with Gasteiger partial charge in [-0.3, -0.25) is 4.79 Å². The minimum atomic E-state index is -0.734. The minimum Gasteiger partial charge on any atom is -0.481 e. The lowest BCUT2D eigenvalue weighted by Gasteiger charge is -2.21. The number of unbranched alkanes of at least 4 members (excludes halogenated alkanes) is 2. The Morgan fingerprint density at radius 2 is 1.96 bits per heavy atom. The number of allylic oxidation sites excluding steroid dienone is 2. The number of aliphatic carboxylic acids is 1. The second-order valence-corrected chi connectivity index (χ2v) is 7.46. The van der Waals surface area contributed by atoms with E-state index in [1.807, 2.05) is 30.3 Å². The molecule has 1 aliphatic carbocycles. The summed E-state index contributed by atoms with van der Waals surface area (Å²) < 4.78 is 0. The third-order valence-electron chi connectivity index (χ3n) is 5.38. The molecule has 0 aromatic heterocycles. The van der Waals surface area contributed by atoms with Crippen LogP contribution in [0.2, 0.25) is 0 Å². The zero-order valence-electron chi connectivity index (χ0n) is 15.5. The first-order valence-corrected chi connectivity index (χ1v) is 9.84. The monoisotopic (exact) mass is 360 g/mol. The van der Waals surface area contributed by atoms with Crippen molar-refractivity contribution in [2.75, 3.05) is 0 Å². The third kappa shape index (κ3) is 7.30. The van der Waals surface area contributed by atoms with E-state index in [2.05, 4.69) is 12.2 Å². The molecule has 4 nitrogen and oxygen atoms in total. The normalized spacial score (nSPS) is 24.2. The molecule has 2 rings (SSSR count). The Hall–Kier alpha value is -1.65. The van der Waals surface area contributed by atoms with Gasteiger partial charge in [0.05, 0.1) is 12.2 Å². The zero-order valence-corrected chi connectivity index (χ0v) is 15.5. The average Bonchev–Trinajstić information content (AvgIpc) is 2.96. The van der Waals surface area contributed by atoms with E-state index in [1.54, 1.807) is 0 Å². The van der Waals surface area contributed by atoms with Gasteiger partial charge in [0.1, 0.15) is 0 Å². The van der Waals surface area contributed by atoms with Crippen molar-refractivity contribution in [3.8, 4) is 0 Å². The lowest BCUT2D eigenvalue weighted by atomic mass is 9.88. The standard InChI is InChI=1S/C22H32O4/c23-19(16-17-8-4-3-5-9-17)13-14-20-18(12-15-21(20)24)10-6-1-2-7-11-22(25)26/h3-6,8-10,18-21,23-24H,1-2,7,11-16H2,(H,25,26). The van der Waals surface area contributed by atoms with Crippen molar-refractivity contribution in [1.82, 2.24) is 0 Å². The molecule has 0 aliphatic heterocycles. The van der Waals surface area contributed by atoms with Gasteiger partial charge in [-0.1, -0.05) is 42.5 Å². The van der Waals surface area contributed by atoms with Crippen molar-refractivity contribution < 1.29 is 20.1 Å². The van der Waals surface area contributed by atoms with Gasteiger partial charge in [0.15, 0.2) is 0 Å². The highest BCUT2D eigenvalue weighted by Gasteiger charge is 2.33. The van der Waals surface area contributed by atoms with Crippen molar-refractivity contribution in [3.05, 3.63) is 48.0 Å². The van der Waals surface area contributed by atoms with Crippen molar-refractivity contribution >= 4 is 5.97 Å². The fourth-order valence-electron chi connectivity index (χ4n) is 3.90. The Kier molecular flexibility index (Phi) is 8.86. The average molecular weight is 360 g/mol. The van der Waals surface area contributed by atoms with Crippen molar-refractivity contribution in [2.45, 2.75) is 70.0 Å². The molecule has 0 radical (unpaired) electrons. The van der Waals surface area contributed by atoms with Crippen LogP contribution in [-0.2, 0) is 11.2 Å². The Morgan fingerprint density at radius 1 is 1.19 bits per heavy atom. The van der Waals surface area contributed by atoms with Crippen LogP contribution in [0.5, 0.6) is 0 Å². The molecule has 1 saturated carbocycles. The van der Waals surface area contributed by atoms with Gasteiger partial charge in [-0.25, -0.2) is 0 Å². The van der Waals surface area contributed by atoms with Crippen LogP contribution in [0.4, 0.5) is 0 Å². The van der Waals surface area contributed by atoms with E-state index < -0.39 is 5.97 Å². The summed E-state index contributed by atoms with van der Waals surface area (Å²) in [5.74, 6) is -0.147. The molecule has 0 saturated heterocycles. The number of hydrogen-bond acceptors (Lipinski definition) is 3. The van der Waals surface area contributed by atoms with E-state index in [4.69, 9.17) is 5.11 Å². The van der Waals surface area contributed by atoms with Crippen LogP contribution in [0, 0.1) is 11.8 Å². The smallest absolute Gasteiger partial charge is 0.303 e. The molecule has 4 atom stereocenters. The zero-order chi connectivity index (χ0) is 18.8. The largest absolute Gasteiger partial charge is 0.481 e. The molecule has 1 aromatic carbocycles. The summed E-state index contributed by atoms with van der Waals surface area (Å²) in [7, 11) is 0. The van der Waals surface area contributed by atoms with Crippen LogP contribution in [0.15, 0.2) is 42.5 Å². The Balaban J connectivity index is 1.72. The number of rotatable bonds is 11. The molecule has 0 heterocycles. The van der Waals surface area contributed by atoms with E-state index >= 15 is 0 Å². The van der Waals surface area contributed by atoms with Crippen molar-refractivity contribution in [1.29, 1.82) is 0 Å². The van der Waals surface area contributed by atoms with Gasteiger partial charge in [0.2, 0.25) is 0 Å². The van der Waals surface area contributed by atoms with Crippen LogP contribution in [-0.4, -0.2) is 33.5 Å². The molecule has 26 heavy (non-hydrogen) atoms. The first-order chi connectivity index (χ1) is 12.6. The molecular weight excluding hydrogens is 328 g/mol.